The Hall–Kier alpha value is -4.86. The average Bonchev–Trinajstić information content (AvgIpc) is 2.94. The molecule has 0 aliphatic carbocycles. The van der Waals surface area contributed by atoms with Gasteiger partial charge in [-0.15, -0.1) is 0 Å². The molecule has 3 aromatic rings. The lowest BCUT2D eigenvalue weighted by molar-refractivity contribution is -0.139. The van der Waals surface area contributed by atoms with Gasteiger partial charge in [0.05, 0.1) is 20.4 Å². The number of methoxy groups -OCH3 is 2. The van der Waals surface area contributed by atoms with E-state index in [0.717, 1.165) is 16.7 Å². The van der Waals surface area contributed by atoms with Crippen LogP contribution in [0.15, 0.2) is 65.8 Å². The summed E-state index contributed by atoms with van der Waals surface area (Å²) in [4.78, 5) is 36.3. The molecular formula is C29H32N4O6. The van der Waals surface area contributed by atoms with E-state index in [1.807, 2.05) is 44.2 Å². The molecule has 39 heavy (non-hydrogen) atoms. The third-order valence-corrected chi connectivity index (χ3v) is 5.75. The van der Waals surface area contributed by atoms with Crippen molar-refractivity contribution in [3.8, 4) is 17.2 Å². The number of anilines is 1. The van der Waals surface area contributed by atoms with Crippen LogP contribution in [0.5, 0.6) is 17.2 Å². The Kier molecular flexibility index (Phi) is 10.4. The molecule has 3 N–H and O–H groups in total. The van der Waals surface area contributed by atoms with Gasteiger partial charge in [-0.05, 0) is 78.9 Å². The van der Waals surface area contributed by atoms with Crippen LogP contribution in [0.1, 0.15) is 22.3 Å². The second-order valence-corrected chi connectivity index (χ2v) is 8.60. The van der Waals surface area contributed by atoms with Crippen LogP contribution >= 0.6 is 0 Å². The molecule has 0 fully saturated rings. The number of hydrogen-bond donors (Lipinski definition) is 3. The van der Waals surface area contributed by atoms with Gasteiger partial charge in [-0.1, -0.05) is 24.3 Å². The van der Waals surface area contributed by atoms with E-state index in [9.17, 15) is 14.4 Å². The number of amides is 3. The molecule has 0 radical (unpaired) electrons. The summed E-state index contributed by atoms with van der Waals surface area (Å²) in [6.45, 7) is 4.06. The number of hydrogen-bond acceptors (Lipinski definition) is 7. The van der Waals surface area contributed by atoms with Crippen molar-refractivity contribution in [1.82, 2.24) is 10.7 Å². The van der Waals surface area contributed by atoms with Crippen LogP contribution < -0.4 is 30.3 Å². The number of nitrogens with one attached hydrogen (secondary N) is 3. The van der Waals surface area contributed by atoms with Gasteiger partial charge in [0.15, 0.2) is 18.1 Å². The highest BCUT2D eigenvalue weighted by Crippen LogP contribution is 2.27. The molecule has 10 nitrogen and oxygen atoms in total. The van der Waals surface area contributed by atoms with Crippen molar-refractivity contribution < 1.29 is 28.6 Å². The summed E-state index contributed by atoms with van der Waals surface area (Å²) in [5, 5.41) is 9.18. The SMILES string of the molecule is COc1ccc(CCNC(=O)C(=O)N/N=C\c2cccc(OCC(=O)Nc3ccc(C)c(C)c3)c2)cc1OC. The predicted octanol–water partition coefficient (Wildman–Crippen LogP) is 3.15. The highest BCUT2D eigenvalue weighted by atomic mass is 16.5. The van der Waals surface area contributed by atoms with Crippen molar-refractivity contribution in [3.05, 3.63) is 82.9 Å². The molecule has 204 valence electrons. The third-order valence-electron chi connectivity index (χ3n) is 5.75. The second kappa shape index (κ2) is 14.2. The van der Waals surface area contributed by atoms with Gasteiger partial charge in [-0.3, -0.25) is 14.4 Å². The lowest BCUT2D eigenvalue weighted by atomic mass is 10.1. The predicted molar refractivity (Wildman–Crippen MR) is 148 cm³/mol. The summed E-state index contributed by atoms with van der Waals surface area (Å²) in [5.74, 6) is -0.342. The van der Waals surface area contributed by atoms with Crippen molar-refractivity contribution >= 4 is 29.6 Å². The molecule has 0 bridgehead atoms. The van der Waals surface area contributed by atoms with Gasteiger partial charge in [0.1, 0.15) is 5.75 Å². The van der Waals surface area contributed by atoms with Crippen LogP contribution in [-0.2, 0) is 20.8 Å². The maximum absolute atomic E-state index is 12.2. The van der Waals surface area contributed by atoms with E-state index in [4.69, 9.17) is 14.2 Å². The Morgan fingerprint density at radius 1 is 0.872 bits per heavy atom. The number of carbonyl (C=O) groups excluding carboxylic acids is 3. The zero-order valence-corrected chi connectivity index (χ0v) is 22.4. The summed E-state index contributed by atoms with van der Waals surface area (Å²) in [6.07, 6.45) is 1.87. The number of rotatable bonds is 11. The Labute approximate surface area is 227 Å². The van der Waals surface area contributed by atoms with Gasteiger partial charge in [0, 0.05) is 12.2 Å². The van der Waals surface area contributed by atoms with Gasteiger partial charge < -0.3 is 24.8 Å². The van der Waals surface area contributed by atoms with Crippen LogP contribution in [0.4, 0.5) is 5.69 Å². The van der Waals surface area contributed by atoms with Crippen LogP contribution in [0, 0.1) is 13.8 Å². The first-order valence-electron chi connectivity index (χ1n) is 12.2. The Morgan fingerprint density at radius 2 is 1.67 bits per heavy atom. The zero-order valence-electron chi connectivity index (χ0n) is 22.4. The van der Waals surface area contributed by atoms with Gasteiger partial charge in [-0.25, -0.2) is 5.43 Å². The molecule has 0 atom stereocenters. The molecule has 0 aromatic heterocycles. The molecule has 0 spiro atoms. The third kappa shape index (κ3) is 8.89. The number of benzene rings is 3. The molecule has 0 heterocycles. The van der Waals surface area contributed by atoms with E-state index < -0.39 is 11.8 Å². The minimum atomic E-state index is -0.894. The molecule has 0 saturated heterocycles. The lowest BCUT2D eigenvalue weighted by Crippen LogP contribution is -2.38. The summed E-state index contributed by atoms with van der Waals surface area (Å²) in [6, 6.07) is 17.9. The number of carbonyl (C=O) groups is 3. The second-order valence-electron chi connectivity index (χ2n) is 8.60. The largest absolute Gasteiger partial charge is 0.493 e. The molecule has 0 aliphatic heterocycles. The lowest BCUT2D eigenvalue weighted by Gasteiger charge is -2.10. The van der Waals surface area contributed by atoms with Gasteiger partial charge in [0.25, 0.3) is 5.91 Å². The van der Waals surface area contributed by atoms with Crippen LogP contribution in [0.3, 0.4) is 0 Å². The topological polar surface area (TPSA) is 127 Å². The van der Waals surface area contributed by atoms with Crippen molar-refractivity contribution in [2.24, 2.45) is 5.10 Å². The van der Waals surface area contributed by atoms with E-state index >= 15 is 0 Å². The molecule has 3 amide bonds. The van der Waals surface area contributed by atoms with Crippen LogP contribution in [0.2, 0.25) is 0 Å². The molecule has 0 aliphatic rings. The minimum absolute atomic E-state index is 0.173. The summed E-state index contributed by atoms with van der Waals surface area (Å²) in [7, 11) is 3.10. The normalized spacial score (nSPS) is 10.6. The van der Waals surface area contributed by atoms with Crippen LogP contribution in [-0.4, -0.2) is 51.3 Å². The van der Waals surface area contributed by atoms with Crippen molar-refractivity contribution in [2.75, 3.05) is 32.7 Å². The van der Waals surface area contributed by atoms with Crippen molar-refractivity contribution in [2.45, 2.75) is 20.3 Å². The highest BCUT2D eigenvalue weighted by molar-refractivity contribution is 6.35. The average molecular weight is 533 g/mol. The number of ether oxygens (including phenoxy) is 3. The Morgan fingerprint density at radius 3 is 2.41 bits per heavy atom. The van der Waals surface area contributed by atoms with E-state index in [1.54, 1.807) is 44.6 Å². The first kappa shape index (κ1) is 28.7. The molecule has 3 rings (SSSR count). The Balaban J connectivity index is 1.42. The van der Waals surface area contributed by atoms with Crippen molar-refractivity contribution in [3.63, 3.8) is 0 Å². The van der Waals surface area contributed by atoms with E-state index in [1.165, 1.54) is 6.21 Å². The summed E-state index contributed by atoms with van der Waals surface area (Å²) < 4.78 is 16.0. The molecule has 0 unspecified atom stereocenters. The maximum Gasteiger partial charge on any atom is 0.329 e. The number of hydrazone groups is 1. The van der Waals surface area contributed by atoms with Gasteiger partial charge in [-0.2, -0.15) is 5.10 Å². The molecule has 3 aromatic carbocycles. The first-order valence-corrected chi connectivity index (χ1v) is 12.2. The molecule has 10 heteroatoms. The minimum Gasteiger partial charge on any atom is -0.493 e. The number of aryl methyl sites for hydroxylation is 2. The summed E-state index contributed by atoms with van der Waals surface area (Å²) in [5.41, 5.74) is 6.65. The smallest absolute Gasteiger partial charge is 0.329 e. The van der Waals surface area contributed by atoms with E-state index in [2.05, 4.69) is 21.2 Å². The standard InChI is InChI=1S/C29H32N4O6/c1-19-8-10-23(14-20(19)2)32-27(34)18-39-24-7-5-6-22(15-24)17-31-33-29(36)28(35)30-13-12-21-9-11-25(37-3)26(16-21)38-4/h5-11,14-17H,12-13,18H2,1-4H3,(H,30,35)(H,32,34)(H,33,36)/b31-17-. The fourth-order valence-electron chi connectivity index (χ4n) is 3.50. The summed E-state index contributed by atoms with van der Waals surface area (Å²) >= 11 is 0. The fourth-order valence-corrected chi connectivity index (χ4v) is 3.50. The molecular weight excluding hydrogens is 500 g/mol. The van der Waals surface area contributed by atoms with Crippen molar-refractivity contribution in [1.29, 1.82) is 0 Å². The zero-order chi connectivity index (χ0) is 28.2. The van der Waals surface area contributed by atoms with E-state index in [0.29, 0.717) is 34.9 Å². The van der Waals surface area contributed by atoms with Gasteiger partial charge >= 0.3 is 11.8 Å². The van der Waals surface area contributed by atoms with Crippen LogP contribution in [0.25, 0.3) is 0 Å². The molecule has 0 saturated carbocycles. The quantitative estimate of drug-likeness (QED) is 0.198. The first-order chi connectivity index (χ1) is 18.8. The Bertz CT molecular complexity index is 1360. The van der Waals surface area contributed by atoms with Gasteiger partial charge in [0.2, 0.25) is 0 Å². The fraction of sp³-hybridized carbons (Fsp3) is 0.241. The number of nitrogens with zero attached hydrogens (tertiary/aromatic N) is 1. The van der Waals surface area contributed by atoms with E-state index in [-0.39, 0.29) is 19.1 Å². The monoisotopic (exact) mass is 532 g/mol. The maximum atomic E-state index is 12.2. The highest BCUT2D eigenvalue weighted by Gasteiger charge is 2.12.